The van der Waals surface area contributed by atoms with Crippen molar-refractivity contribution >= 4 is 17.2 Å². The van der Waals surface area contributed by atoms with E-state index in [9.17, 15) is 4.79 Å². The fourth-order valence-corrected chi connectivity index (χ4v) is 2.70. The molecule has 0 aliphatic carbocycles. The summed E-state index contributed by atoms with van der Waals surface area (Å²) in [6.07, 6.45) is 0.407. The average molecular weight is 299 g/mol. The quantitative estimate of drug-likeness (QED) is 0.853. The minimum atomic E-state index is -0.130. The molecule has 3 nitrogen and oxygen atoms in total. The second-order valence-electron chi connectivity index (χ2n) is 4.58. The Balaban J connectivity index is 2.09. The van der Waals surface area contributed by atoms with Crippen molar-refractivity contribution < 1.29 is 9.90 Å². The average Bonchev–Trinajstić information content (AvgIpc) is 2.91. The topological polar surface area (TPSA) is 49.3 Å². The molecule has 1 aromatic carbocycles. The van der Waals surface area contributed by atoms with Crippen LogP contribution < -0.4 is 5.32 Å². The number of hydrogen-bond acceptors (Lipinski definition) is 3. The van der Waals surface area contributed by atoms with Gasteiger partial charge in [0, 0.05) is 18.5 Å². The van der Waals surface area contributed by atoms with E-state index in [-0.39, 0.29) is 12.5 Å². The number of nitrogens with one attached hydrogen (secondary N) is 1. The molecule has 4 heteroatoms. The summed E-state index contributed by atoms with van der Waals surface area (Å²) in [4.78, 5) is 12.3. The van der Waals surface area contributed by atoms with Crippen molar-refractivity contribution in [1.82, 2.24) is 5.32 Å². The molecular weight excluding hydrogens is 282 g/mol. The molecule has 108 valence electrons. The van der Waals surface area contributed by atoms with Gasteiger partial charge in [-0.3, -0.25) is 4.79 Å². The van der Waals surface area contributed by atoms with E-state index < -0.39 is 0 Å². The molecule has 0 aliphatic rings. The summed E-state index contributed by atoms with van der Waals surface area (Å²) in [5.74, 6) is 5.65. The molecule has 2 rings (SSSR count). The van der Waals surface area contributed by atoms with Crippen LogP contribution in [0.3, 0.4) is 0 Å². The van der Waals surface area contributed by atoms with Gasteiger partial charge in [0.15, 0.2) is 0 Å². The number of carbonyl (C=O) groups excluding carboxylic acids is 1. The zero-order chi connectivity index (χ0) is 15.1. The van der Waals surface area contributed by atoms with Crippen LogP contribution in [0.1, 0.15) is 33.5 Å². The standard InChI is InChI=1S/C17H17NO2S/c1-13-11-21-12-15(13)10-18-17(20)16-8-3-2-6-14(16)7-4-5-9-19/h2-3,6,8,11-12,19H,5,9-10H2,1H3,(H,18,20). The molecule has 0 bridgehead atoms. The highest BCUT2D eigenvalue weighted by molar-refractivity contribution is 7.08. The predicted molar refractivity (Wildman–Crippen MR) is 85.2 cm³/mol. The molecule has 1 amide bonds. The Hall–Kier alpha value is -2.09. The smallest absolute Gasteiger partial charge is 0.252 e. The molecule has 0 radical (unpaired) electrons. The van der Waals surface area contributed by atoms with E-state index in [1.165, 1.54) is 5.56 Å². The van der Waals surface area contributed by atoms with Crippen LogP contribution in [0.25, 0.3) is 0 Å². The van der Waals surface area contributed by atoms with Crippen LogP contribution in [0, 0.1) is 18.8 Å². The first-order chi connectivity index (χ1) is 10.2. The highest BCUT2D eigenvalue weighted by Crippen LogP contribution is 2.14. The first-order valence-corrected chi connectivity index (χ1v) is 7.65. The zero-order valence-corrected chi connectivity index (χ0v) is 12.7. The fourth-order valence-electron chi connectivity index (χ4n) is 1.84. The monoisotopic (exact) mass is 299 g/mol. The third-order valence-electron chi connectivity index (χ3n) is 3.03. The second kappa shape index (κ2) is 7.63. The van der Waals surface area contributed by atoms with Crippen LogP contribution >= 0.6 is 11.3 Å². The van der Waals surface area contributed by atoms with Gasteiger partial charge in [0.2, 0.25) is 0 Å². The molecule has 0 spiro atoms. The van der Waals surface area contributed by atoms with Gasteiger partial charge in [-0.1, -0.05) is 24.0 Å². The van der Waals surface area contributed by atoms with Crippen molar-refractivity contribution in [2.45, 2.75) is 19.9 Å². The maximum absolute atomic E-state index is 12.3. The van der Waals surface area contributed by atoms with Gasteiger partial charge in [-0.15, -0.1) is 0 Å². The molecule has 0 atom stereocenters. The van der Waals surface area contributed by atoms with E-state index in [0.717, 1.165) is 5.56 Å². The van der Waals surface area contributed by atoms with Crippen molar-refractivity contribution in [2.75, 3.05) is 6.61 Å². The Labute approximate surface area is 128 Å². The summed E-state index contributed by atoms with van der Waals surface area (Å²) in [5.41, 5.74) is 3.58. The summed E-state index contributed by atoms with van der Waals surface area (Å²) in [7, 11) is 0. The number of carbonyl (C=O) groups is 1. The van der Waals surface area contributed by atoms with E-state index in [4.69, 9.17) is 5.11 Å². The Morgan fingerprint density at radius 1 is 1.33 bits per heavy atom. The normalized spacial score (nSPS) is 9.81. The molecule has 1 aromatic heterocycles. The molecule has 21 heavy (non-hydrogen) atoms. The SMILES string of the molecule is Cc1cscc1CNC(=O)c1ccccc1C#CCCO. The number of rotatable bonds is 4. The molecule has 2 aromatic rings. The lowest BCUT2D eigenvalue weighted by molar-refractivity contribution is 0.0950. The lowest BCUT2D eigenvalue weighted by atomic mass is 10.1. The maximum atomic E-state index is 12.3. The maximum Gasteiger partial charge on any atom is 0.252 e. The molecule has 0 saturated heterocycles. The van der Waals surface area contributed by atoms with Gasteiger partial charge in [0.1, 0.15) is 0 Å². The minimum absolute atomic E-state index is 0.0266. The molecule has 1 heterocycles. The third kappa shape index (κ3) is 4.19. The van der Waals surface area contributed by atoms with Crippen molar-refractivity contribution in [3.05, 3.63) is 57.3 Å². The van der Waals surface area contributed by atoms with Gasteiger partial charge in [-0.05, 0) is 40.9 Å². The van der Waals surface area contributed by atoms with Crippen molar-refractivity contribution in [1.29, 1.82) is 0 Å². The number of thiophene rings is 1. The van der Waals surface area contributed by atoms with Gasteiger partial charge in [-0.25, -0.2) is 0 Å². The largest absolute Gasteiger partial charge is 0.395 e. The highest BCUT2D eigenvalue weighted by atomic mass is 32.1. The molecule has 0 unspecified atom stereocenters. The van der Waals surface area contributed by atoms with Crippen LogP contribution in [-0.4, -0.2) is 17.6 Å². The Morgan fingerprint density at radius 2 is 2.14 bits per heavy atom. The number of aliphatic hydroxyl groups excluding tert-OH is 1. The molecule has 0 aliphatic heterocycles. The van der Waals surface area contributed by atoms with Crippen LogP contribution in [0.5, 0.6) is 0 Å². The van der Waals surface area contributed by atoms with Gasteiger partial charge in [0.05, 0.1) is 12.2 Å². The van der Waals surface area contributed by atoms with E-state index in [1.807, 2.05) is 30.5 Å². The van der Waals surface area contributed by atoms with Gasteiger partial charge >= 0.3 is 0 Å². The predicted octanol–water partition coefficient (Wildman–Crippen LogP) is 2.72. The number of aryl methyl sites for hydroxylation is 1. The highest BCUT2D eigenvalue weighted by Gasteiger charge is 2.10. The Kier molecular flexibility index (Phi) is 5.56. The van der Waals surface area contributed by atoms with Crippen LogP contribution in [-0.2, 0) is 6.54 Å². The summed E-state index contributed by atoms with van der Waals surface area (Å²) < 4.78 is 0. The minimum Gasteiger partial charge on any atom is -0.395 e. The van der Waals surface area contributed by atoms with Gasteiger partial charge in [0.25, 0.3) is 5.91 Å². The summed E-state index contributed by atoms with van der Waals surface area (Å²) in [6, 6.07) is 7.25. The number of hydrogen-bond donors (Lipinski definition) is 2. The first kappa shape index (κ1) is 15.3. The van der Waals surface area contributed by atoms with Crippen LogP contribution in [0.4, 0.5) is 0 Å². The van der Waals surface area contributed by atoms with E-state index in [2.05, 4.69) is 22.5 Å². The Morgan fingerprint density at radius 3 is 2.86 bits per heavy atom. The Bertz CT molecular complexity index is 679. The van der Waals surface area contributed by atoms with Crippen molar-refractivity contribution in [2.24, 2.45) is 0 Å². The van der Waals surface area contributed by atoms with Crippen molar-refractivity contribution in [3.63, 3.8) is 0 Å². The lowest BCUT2D eigenvalue weighted by Crippen LogP contribution is -2.23. The summed E-state index contributed by atoms with van der Waals surface area (Å²) >= 11 is 1.63. The van der Waals surface area contributed by atoms with Crippen LogP contribution in [0.15, 0.2) is 35.0 Å². The third-order valence-corrected chi connectivity index (χ3v) is 3.94. The second-order valence-corrected chi connectivity index (χ2v) is 5.33. The number of benzene rings is 1. The zero-order valence-electron chi connectivity index (χ0n) is 11.8. The van der Waals surface area contributed by atoms with Crippen LogP contribution in [0.2, 0.25) is 0 Å². The molecular formula is C17H17NO2S. The molecule has 2 N–H and O–H groups in total. The first-order valence-electron chi connectivity index (χ1n) is 6.71. The number of amides is 1. The molecule has 0 fully saturated rings. The van der Waals surface area contributed by atoms with Crippen molar-refractivity contribution in [3.8, 4) is 11.8 Å². The van der Waals surface area contributed by atoms with Gasteiger partial charge < -0.3 is 10.4 Å². The lowest BCUT2D eigenvalue weighted by Gasteiger charge is -2.07. The fraction of sp³-hybridized carbons (Fsp3) is 0.235. The van der Waals surface area contributed by atoms with E-state index in [1.54, 1.807) is 17.4 Å². The van der Waals surface area contributed by atoms with E-state index >= 15 is 0 Å². The van der Waals surface area contributed by atoms with E-state index in [0.29, 0.717) is 24.1 Å². The van der Waals surface area contributed by atoms with Gasteiger partial charge in [-0.2, -0.15) is 11.3 Å². The molecule has 0 saturated carbocycles. The summed E-state index contributed by atoms with van der Waals surface area (Å²) in [5, 5.41) is 15.8. The summed E-state index contributed by atoms with van der Waals surface area (Å²) in [6.45, 7) is 2.58. The number of aliphatic hydroxyl groups is 1.